The number of pyridine rings is 1. The second-order valence-electron chi connectivity index (χ2n) is 6.45. The Morgan fingerprint density at radius 1 is 1.33 bits per heavy atom. The maximum atomic E-state index is 5.98. The molecule has 0 radical (unpaired) electrons. The maximum Gasteiger partial charge on any atom is 0.128 e. The minimum Gasteiger partial charge on any atom is -0.369 e. The molecule has 0 aromatic carbocycles. The lowest BCUT2D eigenvalue weighted by molar-refractivity contribution is -0.0359. The topological polar surface area (TPSA) is 46.4 Å². The van der Waals surface area contributed by atoms with Crippen molar-refractivity contribution in [3.63, 3.8) is 0 Å². The van der Waals surface area contributed by atoms with E-state index >= 15 is 0 Å². The highest BCUT2D eigenvalue weighted by Gasteiger charge is 2.24. The molecule has 1 fully saturated rings. The van der Waals surface area contributed by atoms with Crippen molar-refractivity contribution in [2.75, 3.05) is 38.7 Å². The largest absolute Gasteiger partial charge is 0.369 e. The monoisotopic (exact) mass is 329 g/mol. The molecule has 130 valence electrons. The number of anilines is 1. The van der Waals surface area contributed by atoms with Crippen LogP contribution in [-0.2, 0) is 17.8 Å². The Bertz CT molecular complexity index is 654. The van der Waals surface area contributed by atoms with Crippen LogP contribution in [0.15, 0.2) is 30.6 Å². The Morgan fingerprint density at radius 3 is 3.00 bits per heavy atom. The van der Waals surface area contributed by atoms with Gasteiger partial charge in [0.1, 0.15) is 17.7 Å². The highest BCUT2D eigenvalue weighted by Crippen LogP contribution is 2.23. The molecule has 1 aliphatic heterocycles. The number of aromatic nitrogens is 3. The molecule has 6 heteroatoms. The molecule has 3 heterocycles. The smallest absolute Gasteiger partial charge is 0.128 e. The molecule has 0 spiro atoms. The molecule has 1 unspecified atom stereocenters. The van der Waals surface area contributed by atoms with Gasteiger partial charge in [0.2, 0.25) is 0 Å². The first kappa shape index (κ1) is 16.9. The van der Waals surface area contributed by atoms with Crippen molar-refractivity contribution in [1.29, 1.82) is 0 Å². The van der Waals surface area contributed by atoms with Crippen LogP contribution >= 0.6 is 0 Å². The molecule has 3 rings (SSSR count). The van der Waals surface area contributed by atoms with Crippen LogP contribution in [0.2, 0.25) is 0 Å². The van der Waals surface area contributed by atoms with Crippen LogP contribution in [-0.4, -0.2) is 53.2 Å². The lowest BCUT2D eigenvalue weighted by Gasteiger charge is -2.32. The minimum atomic E-state index is 0.0215. The van der Waals surface area contributed by atoms with Crippen LogP contribution in [0.1, 0.15) is 31.0 Å². The molecular formula is C18H27N5O. The molecule has 2 aromatic heterocycles. The highest BCUT2D eigenvalue weighted by atomic mass is 16.5. The maximum absolute atomic E-state index is 5.98. The van der Waals surface area contributed by atoms with E-state index in [9.17, 15) is 0 Å². The molecule has 24 heavy (non-hydrogen) atoms. The third-order valence-electron chi connectivity index (χ3n) is 4.33. The molecule has 0 amide bonds. The number of morpholine rings is 1. The van der Waals surface area contributed by atoms with Crippen LogP contribution in [0, 0.1) is 0 Å². The van der Waals surface area contributed by atoms with Gasteiger partial charge in [0.15, 0.2) is 0 Å². The van der Waals surface area contributed by atoms with Crippen molar-refractivity contribution in [3.05, 3.63) is 42.1 Å². The van der Waals surface area contributed by atoms with Crippen molar-refractivity contribution in [1.82, 2.24) is 19.4 Å². The SMILES string of the molecule is CCCn1ccnc1CN1CCOC(c2cccc(N(C)C)n2)C1. The second-order valence-corrected chi connectivity index (χ2v) is 6.45. The molecule has 6 nitrogen and oxygen atoms in total. The summed E-state index contributed by atoms with van der Waals surface area (Å²) in [6, 6.07) is 6.12. The average molecular weight is 329 g/mol. The van der Waals surface area contributed by atoms with E-state index in [1.54, 1.807) is 0 Å². The van der Waals surface area contributed by atoms with E-state index in [-0.39, 0.29) is 6.10 Å². The summed E-state index contributed by atoms with van der Waals surface area (Å²) in [5.74, 6) is 2.10. The van der Waals surface area contributed by atoms with Crippen LogP contribution in [0.25, 0.3) is 0 Å². The number of ether oxygens (including phenoxy) is 1. The zero-order chi connectivity index (χ0) is 16.9. The molecular weight excluding hydrogens is 302 g/mol. The van der Waals surface area contributed by atoms with Gasteiger partial charge >= 0.3 is 0 Å². The molecule has 1 atom stereocenters. The molecule has 0 bridgehead atoms. The van der Waals surface area contributed by atoms with Crippen LogP contribution in [0.5, 0.6) is 0 Å². The van der Waals surface area contributed by atoms with Gasteiger partial charge in [-0.25, -0.2) is 9.97 Å². The summed E-state index contributed by atoms with van der Waals surface area (Å²) < 4.78 is 8.22. The zero-order valence-corrected chi connectivity index (χ0v) is 14.9. The average Bonchev–Trinajstić information content (AvgIpc) is 3.02. The number of aryl methyl sites for hydroxylation is 1. The van der Waals surface area contributed by atoms with E-state index in [1.807, 2.05) is 37.3 Å². The minimum absolute atomic E-state index is 0.0215. The first-order valence-electron chi connectivity index (χ1n) is 8.65. The van der Waals surface area contributed by atoms with E-state index in [0.717, 1.165) is 56.5 Å². The Balaban J connectivity index is 1.68. The van der Waals surface area contributed by atoms with Crippen molar-refractivity contribution in [2.24, 2.45) is 0 Å². The van der Waals surface area contributed by atoms with E-state index in [2.05, 4.69) is 33.6 Å². The Labute approximate surface area is 144 Å². The Morgan fingerprint density at radius 2 is 2.21 bits per heavy atom. The summed E-state index contributed by atoms with van der Waals surface area (Å²) >= 11 is 0. The van der Waals surface area contributed by atoms with E-state index in [0.29, 0.717) is 0 Å². The van der Waals surface area contributed by atoms with Gasteiger partial charge in [0.05, 0.1) is 18.8 Å². The fourth-order valence-electron chi connectivity index (χ4n) is 3.03. The molecule has 2 aromatic rings. The quantitative estimate of drug-likeness (QED) is 0.814. The molecule has 0 saturated carbocycles. The normalized spacial score (nSPS) is 18.7. The number of hydrogen-bond donors (Lipinski definition) is 0. The predicted octanol–water partition coefficient (Wildman–Crippen LogP) is 2.33. The fourth-order valence-corrected chi connectivity index (χ4v) is 3.03. The second kappa shape index (κ2) is 7.77. The summed E-state index contributed by atoms with van der Waals surface area (Å²) in [7, 11) is 4.02. The van der Waals surface area contributed by atoms with Gasteiger partial charge in [-0.15, -0.1) is 0 Å². The number of nitrogens with zero attached hydrogens (tertiary/aromatic N) is 5. The lowest BCUT2D eigenvalue weighted by atomic mass is 10.2. The summed E-state index contributed by atoms with van der Waals surface area (Å²) in [5.41, 5.74) is 1.00. The van der Waals surface area contributed by atoms with Crippen molar-refractivity contribution in [2.45, 2.75) is 32.5 Å². The highest BCUT2D eigenvalue weighted by molar-refractivity contribution is 5.37. The third kappa shape index (κ3) is 3.94. The summed E-state index contributed by atoms with van der Waals surface area (Å²) in [5, 5.41) is 0. The summed E-state index contributed by atoms with van der Waals surface area (Å²) in [6.45, 7) is 6.59. The van der Waals surface area contributed by atoms with Gasteiger partial charge < -0.3 is 14.2 Å². The number of hydrogen-bond acceptors (Lipinski definition) is 5. The van der Waals surface area contributed by atoms with Gasteiger partial charge in [0.25, 0.3) is 0 Å². The van der Waals surface area contributed by atoms with Gasteiger partial charge in [0, 0.05) is 46.1 Å². The number of imidazole rings is 1. The lowest BCUT2D eigenvalue weighted by Crippen LogP contribution is -2.38. The van der Waals surface area contributed by atoms with Crippen LogP contribution in [0.4, 0.5) is 5.82 Å². The van der Waals surface area contributed by atoms with E-state index < -0.39 is 0 Å². The molecule has 0 aliphatic carbocycles. The van der Waals surface area contributed by atoms with Gasteiger partial charge in [-0.1, -0.05) is 13.0 Å². The van der Waals surface area contributed by atoms with E-state index in [4.69, 9.17) is 9.72 Å². The van der Waals surface area contributed by atoms with E-state index in [1.165, 1.54) is 0 Å². The molecule has 1 aliphatic rings. The van der Waals surface area contributed by atoms with Gasteiger partial charge in [-0.05, 0) is 18.6 Å². The summed E-state index contributed by atoms with van der Waals surface area (Å²) in [4.78, 5) is 13.7. The van der Waals surface area contributed by atoms with Gasteiger partial charge in [-0.2, -0.15) is 0 Å². The van der Waals surface area contributed by atoms with Crippen molar-refractivity contribution < 1.29 is 4.74 Å². The van der Waals surface area contributed by atoms with Crippen LogP contribution < -0.4 is 4.90 Å². The molecule has 0 N–H and O–H groups in total. The third-order valence-corrected chi connectivity index (χ3v) is 4.33. The predicted molar refractivity (Wildman–Crippen MR) is 95.1 cm³/mol. The Kier molecular flexibility index (Phi) is 5.48. The number of rotatable bonds is 6. The standard InChI is InChI=1S/C18H27N5O/c1-4-9-23-10-8-19-18(23)14-22-11-12-24-16(13-22)15-6-5-7-17(20-15)21(2)3/h5-8,10,16H,4,9,11-14H2,1-3H3. The van der Waals surface area contributed by atoms with Crippen molar-refractivity contribution in [3.8, 4) is 0 Å². The first-order chi connectivity index (χ1) is 11.7. The van der Waals surface area contributed by atoms with Crippen LogP contribution in [0.3, 0.4) is 0 Å². The first-order valence-corrected chi connectivity index (χ1v) is 8.65. The summed E-state index contributed by atoms with van der Waals surface area (Å²) in [6.07, 6.45) is 5.11. The van der Waals surface area contributed by atoms with Gasteiger partial charge in [-0.3, -0.25) is 4.90 Å². The molecule has 1 saturated heterocycles. The fraction of sp³-hybridized carbons (Fsp3) is 0.556. The Hall–Kier alpha value is -1.92. The van der Waals surface area contributed by atoms with Crippen molar-refractivity contribution >= 4 is 5.82 Å². The zero-order valence-electron chi connectivity index (χ0n) is 14.9.